The van der Waals surface area contributed by atoms with E-state index in [0.717, 1.165) is 64.6 Å². The molecular formula is C23H34ClN3O2. The number of carbonyl (C=O) groups excluding carboxylic acids is 2. The molecule has 2 amide bonds. The highest BCUT2D eigenvalue weighted by Gasteiger charge is 2.28. The van der Waals surface area contributed by atoms with Gasteiger partial charge in [0.25, 0.3) is 0 Å². The number of halogens is 1. The van der Waals surface area contributed by atoms with Gasteiger partial charge in [-0.1, -0.05) is 24.3 Å². The molecule has 3 aliphatic rings. The van der Waals surface area contributed by atoms with Gasteiger partial charge in [0.1, 0.15) is 0 Å². The zero-order valence-corrected chi connectivity index (χ0v) is 18.0. The highest BCUT2D eigenvalue weighted by molar-refractivity contribution is 5.85. The number of nitrogens with one attached hydrogen (secondary N) is 2. The van der Waals surface area contributed by atoms with Crippen LogP contribution in [0.1, 0.15) is 49.7 Å². The molecule has 160 valence electrons. The quantitative estimate of drug-likeness (QED) is 0.771. The van der Waals surface area contributed by atoms with Crippen molar-refractivity contribution in [3.8, 4) is 0 Å². The molecule has 4 rings (SSSR count). The minimum absolute atomic E-state index is 0. The van der Waals surface area contributed by atoms with E-state index < -0.39 is 0 Å². The Bertz CT molecular complexity index is 705. The number of likely N-dealkylation sites (tertiary alicyclic amines) is 1. The standard InChI is InChI=1S/C23H33N3O2.ClH/c27-22(14-17-9-10-19-6-1-2-7-20(19)13-17)26-12-4-5-18(16-26)15-25-23(28)21-8-3-11-24-21;/h1-2,6-7,17-18,21,24H,3-5,8-16H2,(H,25,28);1H. The summed E-state index contributed by atoms with van der Waals surface area (Å²) in [5.41, 5.74) is 2.88. The lowest BCUT2D eigenvalue weighted by Crippen LogP contribution is -2.47. The molecule has 2 saturated heterocycles. The molecule has 0 radical (unpaired) electrons. The van der Waals surface area contributed by atoms with Crippen molar-refractivity contribution in [2.45, 2.75) is 57.4 Å². The smallest absolute Gasteiger partial charge is 0.237 e. The molecule has 2 N–H and O–H groups in total. The average Bonchev–Trinajstić information content (AvgIpc) is 3.27. The van der Waals surface area contributed by atoms with Crippen molar-refractivity contribution in [1.29, 1.82) is 0 Å². The lowest BCUT2D eigenvalue weighted by Gasteiger charge is -2.34. The Morgan fingerprint density at radius 1 is 1.07 bits per heavy atom. The maximum Gasteiger partial charge on any atom is 0.237 e. The van der Waals surface area contributed by atoms with Gasteiger partial charge in [0.05, 0.1) is 6.04 Å². The first-order chi connectivity index (χ1) is 13.7. The average molecular weight is 420 g/mol. The van der Waals surface area contributed by atoms with E-state index in [1.165, 1.54) is 11.1 Å². The predicted octanol–water partition coefficient (Wildman–Crippen LogP) is 2.71. The third-order valence-electron chi connectivity index (χ3n) is 6.73. The molecule has 0 saturated carbocycles. The minimum Gasteiger partial charge on any atom is -0.354 e. The van der Waals surface area contributed by atoms with Crippen LogP contribution in [0.4, 0.5) is 0 Å². The summed E-state index contributed by atoms with van der Waals surface area (Å²) in [6, 6.07) is 8.63. The Morgan fingerprint density at radius 2 is 1.90 bits per heavy atom. The molecule has 0 spiro atoms. The lowest BCUT2D eigenvalue weighted by molar-refractivity contribution is -0.134. The summed E-state index contributed by atoms with van der Waals surface area (Å²) >= 11 is 0. The summed E-state index contributed by atoms with van der Waals surface area (Å²) in [5.74, 6) is 1.28. The van der Waals surface area contributed by atoms with Crippen molar-refractivity contribution in [2.75, 3.05) is 26.2 Å². The largest absolute Gasteiger partial charge is 0.354 e. The molecule has 2 heterocycles. The number of benzene rings is 1. The van der Waals surface area contributed by atoms with Crippen LogP contribution < -0.4 is 10.6 Å². The first-order valence-corrected chi connectivity index (χ1v) is 11.0. The van der Waals surface area contributed by atoms with E-state index in [4.69, 9.17) is 0 Å². The van der Waals surface area contributed by atoms with Gasteiger partial charge in [-0.25, -0.2) is 0 Å². The van der Waals surface area contributed by atoms with Gasteiger partial charge in [-0.05, 0) is 74.5 Å². The van der Waals surface area contributed by atoms with Gasteiger partial charge in [-0.2, -0.15) is 0 Å². The van der Waals surface area contributed by atoms with Crippen LogP contribution in [-0.4, -0.2) is 48.9 Å². The van der Waals surface area contributed by atoms with E-state index in [2.05, 4.69) is 39.8 Å². The van der Waals surface area contributed by atoms with E-state index in [-0.39, 0.29) is 24.4 Å². The first kappa shape index (κ1) is 22.1. The van der Waals surface area contributed by atoms with Crippen LogP contribution in [0.5, 0.6) is 0 Å². The summed E-state index contributed by atoms with van der Waals surface area (Å²) in [7, 11) is 0. The summed E-state index contributed by atoms with van der Waals surface area (Å²) in [6.45, 7) is 3.30. The van der Waals surface area contributed by atoms with Gasteiger partial charge in [0.15, 0.2) is 0 Å². The van der Waals surface area contributed by atoms with E-state index in [0.29, 0.717) is 30.7 Å². The molecule has 2 aliphatic heterocycles. The third-order valence-corrected chi connectivity index (χ3v) is 6.73. The van der Waals surface area contributed by atoms with Gasteiger partial charge in [-0.15, -0.1) is 12.4 Å². The number of aryl methyl sites for hydroxylation is 1. The Hall–Kier alpha value is -1.59. The van der Waals surface area contributed by atoms with Crippen LogP contribution in [0.3, 0.4) is 0 Å². The van der Waals surface area contributed by atoms with Gasteiger partial charge in [0, 0.05) is 26.1 Å². The van der Waals surface area contributed by atoms with Crippen molar-refractivity contribution in [3.63, 3.8) is 0 Å². The van der Waals surface area contributed by atoms with Crippen LogP contribution in [0.15, 0.2) is 24.3 Å². The number of amides is 2. The SMILES string of the molecule is Cl.O=C(NCC1CCCN(C(=O)CC2CCc3ccccc3C2)C1)C1CCCN1. The Balaban J connectivity index is 0.00000240. The minimum atomic E-state index is -0.0181. The number of fused-ring (bicyclic) bond motifs is 1. The molecular weight excluding hydrogens is 386 g/mol. The molecule has 5 nitrogen and oxygen atoms in total. The second-order valence-corrected chi connectivity index (χ2v) is 8.82. The van der Waals surface area contributed by atoms with E-state index in [1.54, 1.807) is 0 Å². The van der Waals surface area contributed by atoms with Crippen molar-refractivity contribution in [3.05, 3.63) is 35.4 Å². The van der Waals surface area contributed by atoms with Crippen molar-refractivity contribution < 1.29 is 9.59 Å². The van der Waals surface area contributed by atoms with Crippen LogP contribution in [0.2, 0.25) is 0 Å². The van der Waals surface area contributed by atoms with Gasteiger partial charge in [0.2, 0.25) is 11.8 Å². The topological polar surface area (TPSA) is 61.4 Å². The molecule has 1 aromatic rings. The Morgan fingerprint density at radius 3 is 2.69 bits per heavy atom. The summed E-state index contributed by atoms with van der Waals surface area (Å²) in [4.78, 5) is 27.2. The maximum atomic E-state index is 12.9. The molecule has 3 unspecified atom stereocenters. The number of rotatable bonds is 5. The fraction of sp³-hybridized carbons (Fsp3) is 0.652. The molecule has 0 bridgehead atoms. The maximum absolute atomic E-state index is 12.9. The molecule has 1 aromatic carbocycles. The summed E-state index contributed by atoms with van der Waals surface area (Å²) < 4.78 is 0. The lowest BCUT2D eigenvalue weighted by atomic mass is 9.82. The van der Waals surface area contributed by atoms with Gasteiger partial charge < -0.3 is 15.5 Å². The van der Waals surface area contributed by atoms with Crippen LogP contribution in [0, 0.1) is 11.8 Å². The van der Waals surface area contributed by atoms with Gasteiger partial charge >= 0.3 is 0 Å². The molecule has 1 aliphatic carbocycles. The second-order valence-electron chi connectivity index (χ2n) is 8.82. The molecule has 2 fully saturated rings. The number of carbonyl (C=O) groups is 2. The molecule has 3 atom stereocenters. The van der Waals surface area contributed by atoms with E-state index in [1.807, 2.05) is 0 Å². The van der Waals surface area contributed by atoms with Crippen molar-refractivity contribution >= 4 is 24.2 Å². The zero-order chi connectivity index (χ0) is 19.3. The molecule has 0 aromatic heterocycles. The predicted molar refractivity (Wildman–Crippen MR) is 117 cm³/mol. The van der Waals surface area contributed by atoms with Crippen molar-refractivity contribution in [2.24, 2.45) is 11.8 Å². The monoisotopic (exact) mass is 419 g/mol. The fourth-order valence-corrected chi connectivity index (χ4v) is 5.06. The van der Waals surface area contributed by atoms with Gasteiger partial charge in [-0.3, -0.25) is 9.59 Å². The van der Waals surface area contributed by atoms with Crippen molar-refractivity contribution in [1.82, 2.24) is 15.5 Å². The summed E-state index contributed by atoms with van der Waals surface area (Å²) in [5, 5.41) is 6.35. The Labute approximate surface area is 180 Å². The normalized spacial score (nSPS) is 26.3. The zero-order valence-electron chi connectivity index (χ0n) is 17.2. The van der Waals surface area contributed by atoms with Crippen LogP contribution >= 0.6 is 12.4 Å². The number of nitrogens with zero attached hydrogens (tertiary/aromatic N) is 1. The summed E-state index contributed by atoms with van der Waals surface area (Å²) in [6.07, 6.45) is 8.06. The van der Waals surface area contributed by atoms with Crippen LogP contribution in [-0.2, 0) is 22.4 Å². The molecule has 29 heavy (non-hydrogen) atoms. The molecule has 6 heteroatoms. The van der Waals surface area contributed by atoms with E-state index in [9.17, 15) is 9.59 Å². The van der Waals surface area contributed by atoms with E-state index >= 15 is 0 Å². The second kappa shape index (κ2) is 10.4. The Kier molecular flexibility index (Phi) is 7.96. The number of piperidine rings is 1. The fourth-order valence-electron chi connectivity index (χ4n) is 5.06. The highest BCUT2D eigenvalue weighted by Crippen LogP contribution is 2.28. The van der Waals surface area contributed by atoms with Crippen LogP contribution in [0.25, 0.3) is 0 Å². The first-order valence-electron chi connectivity index (χ1n) is 11.0. The third kappa shape index (κ3) is 5.73. The number of hydrogen-bond donors (Lipinski definition) is 2. The number of hydrogen-bond acceptors (Lipinski definition) is 3. The highest BCUT2D eigenvalue weighted by atomic mass is 35.5.